The maximum Gasteiger partial charge on any atom is 0.187 e. The number of rotatable bonds is 5. The summed E-state index contributed by atoms with van der Waals surface area (Å²) >= 11 is 12.5. The molecule has 6 heteroatoms. The van der Waals surface area contributed by atoms with Crippen molar-refractivity contribution in [3.63, 3.8) is 0 Å². The zero-order valence-electron chi connectivity index (χ0n) is 14.4. The van der Waals surface area contributed by atoms with E-state index in [9.17, 15) is 4.79 Å². The molecule has 2 aromatic heterocycles. The second-order valence-electron chi connectivity index (χ2n) is 5.88. The maximum atomic E-state index is 12.2. The van der Waals surface area contributed by atoms with Crippen LogP contribution in [-0.2, 0) is 6.54 Å². The molecule has 0 aliphatic heterocycles. The molecule has 3 aromatic rings. The lowest BCUT2D eigenvalue weighted by molar-refractivity contribution is 0.104. The zero-order chi connectivity index (χ0) is 18.7. The van der Waals surface area contributed by atoms with Crippen LogP contribution >= 0.6 is 23.2 Å². The van der Waals surface area contributed by atoms with Crippen LogP contribution in [0.5, 0.6) is 0 Å². The third-order valence-electron chi connectivity index (χ3n) is 4.15. The van der Waals surface area contributed by atoms with Gasteiger partial charge in [-0.1, -0.05) is 29.3 Å². The number of pyridine rings is 1. The molecule has 2 heterocycles. The molecule has 1 aromatic carbocycles. The second kappa shape index (κ2) is 7.85. The molecule has 26 heavy (non-hydrogen) atoms. The van der Waals surface area contributed by atoms with Gasteiger partial charge in [0.25, 0.3) is 0 Å². The number of nitrogens with zero attached hydrogens (tertiary/aromatic N) is 3. The normalized spacial score (nSPS) is 11.2. The summed E-state index contributed by atoms with van der Waals surface area (Å²) in [6, 6.07) is 8.91. The number of hydrogen-bond acceptors (Lipinski definition) is 3. The van der Waals surface area contributed by atoms with Gasteiger partial charge in [0.15, 0.2) is 5.78 Å². The highest BCUT2D eigenvalue weighted by atomic mass is 35.5. The topological polar surface area (TPSA) is 47.8 Å². The van der Waals surface area contributed by atoms with E-state index in [-0.39, 0.29) is 5.78 Å². The van der Waals surface area contributed by atoms with Gasteiger partial charge < -0.3 is 0 Å². The summed E-state index contributed by atoms with van der Waals surface area (Å²) in [6.45, 7) is 4.33. The number of carbonyl (C=O) groups excluding carboxylic acids is 1. The van der Waals surface area contributed by atoms with Crippen LogP contribution in [0, 0.1) is 13.8 Å². The Morgan fingerprint density at radius 1 is 1.15 bits per heavy atom. The van der Waals surface area contributed by atoms with Crippen molar-refractivity contribution in [3.8, 4) is 0 Å². The SMILES string of the molecule is Cc1nn(Cc2c(Cl)cccc2Cl)c(C)c1/C=C/C(=O)c1cccnc1. The van der Waals surface area contributed by atoms with Gasteiger partial charge in [-0.05, 0) is 50.3 Å². The monoisotopic (exact) mass is 385 g/mol. The number of hydrogen-bond donors (Lipinski definition) is 0. The maximum absolute atomic E-state index is 12.2. The summed E-state index contributed by atoms with van der Waals surface area (Å²) < 4.78 is 1.84. The highest BCUT2D eigenvalue weighted by molar-refractivity contribution is 6.35. The van der Waals surface area contributed by atoms with E-state index in [1.807, 2.05) is 36.7 Å². The lowest BCUT2D eigenvalue weighted by atomic mass is 10.1. The lowest BCUT2D eigenvalue weighted by Crippen LogP contribution is -2.05. The van der Waals surface area contributed by atoms with Crippen LogP contribution in [0.3, 0.4) is 0 Å². The predicted octanol–water partition coefficient (Wildman–Crippen LogP) is 5.15. The first-order valence-electron chi connectivity index (χ1n) is 8.06. The Morgan fingerprint density at radius 3 is 2.54 bits per heavy atom. The molecule has 4 nitrogen and oxygen atoms in total. The minimum atomic E-state index is -0.0983. The van der Waals surface area contributed by atoms with Gasteiger partial charge in [0.1, 0.15) is 0 Å². The van der Waals surface area contributed by atoms with Crippen molar-refractivity contribution in [1.82, 2.24) is 14.8 Å². The van der Waals surface area contributed by atoms with Gasteiger partial charge in [-0.15, -0.1) is 0 Å². The molecule has 0 fully saturated rings. The fraction of sp³-hybridized carbons (Fsp3) is 0.150. The van der Waals surface area contributed by atoms with Crippen LogP contribution in [0.2, 0.25) is 10.0 Å². The standard InChI is InChI=1S/C20H17Cl2N3O/c1-13-16(8-9-20(26)15-5-4-10-23-11-15)14(2)25(24-13)12-17-18(21)6-3-7-19(17)22/h3-11H,12H2,1-2H3/b9-8+. The zero-order valence-corrected chi connectivity index (χ0v) is 15.9. The fourth-order valence-electron chi connectivity index (χ4n) is 2.70. The van der Waals surface area contributed by atoms with E-state index in [0.29, 0.717) is 22.2 Å². The van der Waals surface area contributed by atoms with Crippen LogP contribution in [-0.4, -0.2) is 20.5 Å². The smallest absolute Gasteiger partial charge is 0.187 e. The van der Waals surface area contributed by atoms with E-state index in [0.717, 1.165) is 22.5 Å². The van der Waals surface area contributed by atoms with Crippen LogP contribution in [0.15, 0.2) is 48.8 Å². The van der Waals surface area contributed by atoms with Crippen molar-refractivity contribution in [2.24, 2.45) is 0 Å². The molecule has 0 bridgehead atoms. The quantitative estimate of drug-likeness (QED) is 0.450. The summed E-state index contributed by atoms with van der Waals surface area (Å²) in [6.07, 6.45) is 6.52. The number of aromatic nitrogens is 3. The number of ketones is 1. The van der Waals surface area contributed by atoms with Crippen molar-refractivity contribution in [2.75, 3.05) is 0 Å². The average Bonchev–Trinajstić information content (AvgIpc) is 2.90. The largest absolute Gasteiger partial charge is 0.289 e. The number of aryl methyl sites for hydroxylation is 1. The van der Waals surface area contributed by atoms with E-state index < -0.39 is 0 Å². The number of carbonyl (C=O) groups is 1. The van der Waals surface area contributed by atoms with Gasteiger partial charge in [-0.25, -0.2) is 0 Å². The van der Waals surface area contributed by atoms with E-state index in [2.05, 4.69) is 10.1 Å². The Labute approximate surface area is 162 Å². The molecule has 0 radical (unpaired) electrons. The molecule has 3 rings (SSSR count). The number of allylic oxidation sites excluding steroid dienone is 1. The highest BCUT2D eigenvalue weighted by Gasteiger charge is 2.13. The average molecular weight is 386 g/mol. The van der Waals surface area contributed by atoms with Crippen LogP contribution in [0.1, 0.15) is 32.9 Å². The first-order chi connectivity index (χ1) is 12.5. The van der Waals surface area contributed by atoms with Crippen molar-refractivity contribution in [3.05, 3.63) is 86.9 Å². The van der Waals surface area contributed by atoms with Crippen LogP contribution < -0.4 is 0 Å². The van der Waals surface area contributed by atoms with Crippen LogP contribution in [0.4, 0.5) is 0 Å². The Balaban J connectivity index is 1.87. The Kier molecular flexibility index (Phi) is 5.55. The lowest BCUT2D eigenvalue weighted by Gasteiger charge is -2.09. The first kappa shape index (κ1) is 18.4. The molecule has 0 spiro atoms. The second-order valence-corrected chi connectivity index (χ2v) is 6.70. The summed E-state index contributed by atoms with van der Waals surface area (Å²) in [7, 11) is 0. The summed E-state index contributed by atoms with van der Waals surface area (Å²) in [5.41, 5.74) is 4.05. The molecular weight excluding hydrogens is 369 g/mol. The van der Waals surface area contributed by atoms with Crippen molar-refractivity contribution in [2.45, 2.75) is 20.4 Å². The Bertz CT molecular complexity index is 958. The van der Waals surface area contributed by atoms with Gasteiger partial charge in [-0.2, -0.15) is 5.10 Å². The van der Waals surface area contributed by atoms with E-state index >= 15 is 0 Å². The number of benzene rings is 1. The first-order valence-corrected chi connectivity index (χ1v) is 8.82. The van der Waals surface area contributed by atoms with Crippen molar-refractivity contribution >= 4 is 35.1 Å². The Hall–Kier alpha value is -2.43. The minimum Gasteiger partial charge on any atom is -0.289 e. The summed E-state index contributed by atoms with van der Waals surface area (Å²) in [4.78, 5) is 16.2. The molecule has 0 saturated carbocycles. The van der Waals surface area contributed by atoms with E-state index in [1.54, 1.807) is 36.7 Å². The molecule has 0 N–H and O–H groups in total. The predicted molar refractivity (Wildman–Crippen MR) is 105 cm³/mol. The third-order valence-corrected chi connectivity index (χ3v) is 4.86. The van der Waals surface area contributed by atoms with Crippen molar-refractivity contribution < 1.29 is 4.79 Å². The molecule has 0 saturated heterocycles. The molecule has 0 aliphatic carbocycles. The van der Waals surface area contributed by atoms with Gasteiger partial charge >= 0.3 is 0 Å². The summed E-state index contributed by atoms with van der Waals surface area (Å²) in [5, 5.41) is 5.77. The third kappa shape index (κ3) is 3.87. The van der Waals surface area contributed by atoms with Gasteiger partial charge in [0, 0.05) is 44.8 Å². The molecule has 0 amide bonds. The van der Waals surface area contributed by atoms with E-state index in [1.165, 1.54) is 0 Å². The molecule has 0 atom stereocenters. The fourth-order valence-corrected chi connectivity index (χ4v) is 3.22. The Morgan fingerprint density at radius 2 is 1.88 bits per heavy atom. The highest BCUT2D eigenvalue weighted by Crippen LogP contribution is 2.26. The van der Waals surface area contributed by atoms with Gasteiger partial charge in [-0.3, -0.25) is 14.5 Å². The van der Waals surface area contributed by atoms with Crippen LogP contribution in [0.25, 0.3) is 6.08 Å². The number of halogens is 2. The molecule has 132 valence electrons. The minimum absolute atomic E-state index is 0.0983. The molecule has 0 unspecified atom stereocenters. The van der Waals surface area contributed by atoms with Crippen molar-refractivity contribution in [1.29, 1.82) is 0 Å². The molecule has 0 aliphatic rings. The van der Waals surface area contributed by atoms with E-state index in [4.69, 9.17) is 23.2 Å². The molecular formula is C20H17Cl2N3O. The summed E-state index contributed by atoms with van der Waals surface area (Å²) in [5.74, 6) is -0.0983. The van der Waals surface area contributed by atoms with Gasteiger partial charge in [0.2, 0.25) is 0 Å². The van der Waals surface area contributed by atoms with Gasteiger partial charge in [0.05, 0.1) is 12.2 Å².